The van der Waals surface area contributed by atoms with Crippen LogP contribution in [-0.2, 0) is 10.1 Å². The van der Waals surface area contributed by atoms with Crippen LogP contribution in [0.15, 0.2) is 30.5 Å². The van der Waals surface area contributed by atoms with E-state index in [4.69, 9.17) is 0 Å². The summed E-state index contributed by atoms with van der Waals surface area (Å²) in [4.78, 5) is 19.4. The number of hydrogen-bond donors (Lipinski definition) is 0. The fourth-order valence-electron chi connectivity index (χ4n) is 1.58. The molecule has 1 aromatic heterocycles. The standard InChI is InChI=1S/C13H10BrFN2O2/c1-19-13(18)12-16-7-8(6-14)11(17-12)9-4-2-3-5-10(9)15/h2-5,7H,6H2,1H3. The van der Waals surface area contributed by atoms with Gasteiger partial charge in [-0.05, 0) is 12.1 Å². The zero-order valence-electron chi connectivity index (χ0n) is 10.1. The monoisotopic (exact) mass is 324 g/mol. The number of nitrogens with zero attached hydrogens (tertiary/aromatic N) is 2. The number of esters is 1. The van der Waals surface area contributed by atoms with Crippen molar-refractivity contribution in [1.29, 1.82) is 0 Å². The zero-order chi connectivity index (χ0) is 13.8. The Bertz CT molecular complexity index is 619. The molecule has 0 spiro atoms. The highest BCUT2D eigenvalue weighted by Crippen LogP contribution is 2.25. The van der Waals surface area contributed by atoms with Gasteiger partial charge >= 0.3 is 5.97 Å². The van der Waals surface area contributed by atoms with E-state index in [1.54, 1.807) is 18.2 Å². The minimum Gasteiger partial charge on any atom is -0.463 e. The largest absolute Gasteiger partial charge is 0.463 e. The fourth-order valence-corrected chi connectivity index (χ4v) is 1.99. The van der Waals surface area contributed by atoms with Gasteiger partial charge in [-0.15, -0.1) is 0 Å². The second-order valence-electron chi connectivity index (χ2n) is 3.67. The van der Waals surface area contributed by atoms with E-state index in [0.29, 0.717) is 22.2 Å². The third kappa shape index (κ3) is 2.78. The molecule has 0 radical (unpaired) electrons. The molecule has 19 heavy (non-hydrogen) atoms. The van der Waals surface area contributed by atoms with Crippen LogP contribution >= 0.6 is 15.9 Å². The van der Waals surface area contributed by atoms with Crippen molar-refractivity contribution in [3.05, 3.63) is 47.7 Å². The molecule has 0 atom stereocenters. The van der Waals surface area contributed by atoms with Crippen LogP contribution in [0.1, 0.15) is 16.2 Å². The normalized spacial score (nSPS) is 10.3. The number of halogens is 2. The van der Waals surface area contributed by atoms with E-state index in [9.17, 15) is 9.18 Å². The minimum absolute atomic E-state index is 0.0922. The number of aromatic nitrogens is 2. The fraction of sp³-hybridized carbons (Fsp3) is 0.154. The smallest absolute Gasteiger partial charge is 0.376 e. The summed E-state index contributed by atoms with van der Waals surface area (Å²) in [6, 6.07) is 6.24. The highest BCUT2D eigenvalue weighted by atomic mass is 79.9. The maximum Gasteiger partial charge on any atom is 0.376 e. The van der Waals surface area contributed by atoms with E-state index in [1.807, 2.05) is 0 Å². The molecule has 0 saturated heterocycles. The summed E-state index contributed by atoms with van der Waals surface area (Å²) in [5.74, 6) is -1.15. The molecular weight excluding hydrogens is 315 g/mol. The van der Waals surface area contributed by atoms with Crippen LogP contribution < -0.4 is 0 Å². The Morgan fingerprint density at radius 1 is 1.42 bits per heavy atom. The van der Waals surface area contributed by atoms with Crippen molar-refractivity contribution in [2.24, 2.45) is 0 Å². The van der Waals surface area contributed by atoms with Crippen molar-refractivity contribution in [2.75, 3.05) is 7.11 Å². The van der Waals surface area contributed by atoms with Crippen molar-refractivity contribution in [2.45, 2.75) is 5.33 Å². The maximum atomic E-state index is 13.8. The molecule has 0 aliphatic heterocycles. The number of alkyl halides is 1. The Hall–Kier alpha value is -1.82. The summed E-state index contributed by atoms with van der Waals surface area (Å²) in [5, 5.41) is 0.456. The van der Waals surface area contributed by atoms with Gasteiger partial charge in [-0.3, -0.25) is 0 Å². The summed E-state index contributed by atoms with van der Waals surface area (Å²) in [6.45, 7) is 0. The first-order valence-electron chi connectivity index (χ1n) is 5.42. The van der Waals surface area contributed by atoms with Crippen LogP contribution in [-0.4, -0.2) is 23.0 Å². The minimum atomic E-state index is -0.654. The molecule has 4 nitrogen and oxygen atoms in total. The molecule has 0 fully saturated rings. The lowest BCUT2D eigenvalue weighted by Crippen LogP contribution is -2.09. The second kappa shape index (κ2) is 5.88. The van der Waals surface area contributed by atoms with Gasteiger partial charge in [0.15, 0.2) is 0 Å². The van der Waals surface area contributed by atoms with Gasteiger partial charge in [0.2, 0.25) is 5.82 Å². The number of carbonyl (C=O) groups excluding carboxylic acids is 1. The lowest BCUT2D eigenvalue weighted by molar-refractivity contribution is 0.0587. The van der Waals surface area contributed by atoms with Gasteiger partial charge in [-0.25, -0.2) is 19.2 Å². The predicted molar refractivity (Wildman–Crippen MR) is 71.4 cm³/mol. The van der Waals surface area contributed by atoms with E-state index >= 15 is 0 Å². The quantitative estimate of drug-likeness (QED) is 0.643. The van der Waals surface area contributed by atoms with Crippen molar-refractivity contribution in [3.8, 4) is 11.3 Å². The van der Waals surface area contributed by atoms with Gasteiger partial charge in [0.25, 0.3) is 0 Å². The third-order valence-corrected chi connectivity index (χ3v) is 3.11. The molecular formula is C13H10BrFN2O2. The van der Waals surface area contributed by atoms with Gasteiger partial charge in [-0.1, -0.05) is 28.1 Å². The molecule has 0 aliphatic carbocycles. The summed E-state index contributed by atoms with van der Waals surface area (Å²) >= 11 is 3.29. The average molecular weight is 325 g/mol. The molecule has 6 heteroatoms. The van der Waals surface area contributed by atoms with Gasteiger partial charge < -0.3 is 4.74 Å². The Labute approximate surface area is 117 Å². The molecule has 0 unspecified atom stereocenters. The Kier molecular flexibility index (Phi) is 4.21. The first-order chi connectivity index (χ1) is 9.17. The Morgan fingerprint density at radius 3 is 2.79 bits per heavy atom. The molecule has 2 rings (SSSR count). The highest BCUT2D eigenvalue weighted by molar-refractivity contribution is 9.08. The lowest BCUT2D eigenvalue weighted by atomic mass is 10.1. The first-order valence-corrected chi connectivity index (χ1v) is 6.54. The summed E-state index contributed by atoms with van der Waals surface area (Å²) in [7, 11) is 1.24. The summed E-state index contributed by atoms with van der Waals surface area (Å²) < 4.78 is 18.4. The van der Waals surface area contributed by atoms with Crippen molar-refractivity contribution >= 4 is 21.9 Å². The maximum absolute atomic E-state index is 13.8. The molecule has 1 heterocycles. The Balaban J connectivity index is 2.60. The predicted octanol–water partition coefficient (Wildman–Crippen LogP) is 2.96. The van der Waals surface area contributed by atoms with E-state index in [1.165, 1.54) is 19.4 Å². The van der Waals surface area contributed by atoms with Crippen molar-refractivity contribution in [1.82, 2.24) is 9.97 Å². The SMILES string of the molecule is COC(=O)c1ncc(CBr)c(-c2ccccc2F)n1. The zero-order valence-corrected chi connectivity index (χ0v) is 11.6. The molecule has 98 valence electrons. The number of hydrogen-bond acceptors (Lipinski definition) is 4. The van der Waals surface area contributed by atoms with Crippen LogP contribution in [0.2, 0.25) is 0 Å². The molecule has 0 saturated carbocycles. The van der Waals surface area contributed by atoms with Gasteiger partial charge in [0, 0.05) is 22.7 Å². The molecule has 0 bridgehead atoms. The number of rotatable bonds is 3. The molecule has 0 N–H and O–H groups in total. The van der Waals surface area contributed by atoms with Crippen LogP contribution in [0.3, 0.4) is 0 Å². The number of methoxy groups -OCH3 is 1. The second-order valence-corrected chi connectivity index (χ2v) is 4.23. The molecule has 0 aliphatic rings. The van der Waals surface area contributed by atoms with E-state index < -0.39 is 11.8 Å². The number of ether oxygens (including phenoxy) is 1. The highest BCUT2D eigenvalue weighted by Gasteiger charge is 2.16. The first kappa shape index (κ1) is 13.6. The summed E-state index contributed by atoms with van der Waals surface area (Å²) in [6.07, 6.45) is 1.48. The average Bonchev–Trinajstić information content (AvgIpc) is 2.46. The molecule has 1 aromatic carbocycles. The van der Waals surface area contributed by atoms with Crippen molar-refractivity contribution < 1.29 is 13.9 Å². The van der Waals surface area contributed by atoms with Gasteiger partial charge in [-0.2, -0.15) is 0 Å². The van der Waals surface area contributed by atoms with E-state index in [0.717, 1.165) is 0 Å². The summed E-state index contributed by atoms with van der Waals surface area (Å²) in [5.41, 5.74) is 1.40. The number of benzene rings is 1. The lowest BCUT2D eigenvalue weighted by Gasteiger charge is -2.08. The van der Waals surface area contributed by atoms with E-state index in [-0.39, 0.29) is 5.82 Å². The van der Waals surface area contributed by atoms with Crippen molar-refractivity contribution in [3.63, 3.8) is 0 Å². The van der Waals surface area contributed by atoms with Crippen LogP contribution in [0, 0.1) is 5.82 Å². The van der Waals surface area contributed by atoms with Crippen LogP contribution in [0.5, 0.6) is 0 Å². The molecule has 2 aromatic rings. The Morgan fingerprint density at radius 2 is 2.16 bits per heavy atom. The topological polar surface area (TPSA) is 52.1 Å². The van der Waals surface area contributed by atoms with E-state index in [2.05, 4.69) is 30.6 Å². The van der Waals surface area contributed by atoms with Crippen LogP contribution in [0.25, 0.3) is 11.3 Å². The van der Waals surface area contributed by atoms with Crippen LogP contribution in [0.4, 0.5) is 4.39 Å². The third-order valence-electron chi connectivity index (χ3n) is 2.51. The van der Waals surface area contributed by atoms with Gasteiger partial charge in [0.1, 0.15) is 5.82 Å². The van der Waals surface area contributed by atoms with Gasteiger partial charge in [0.05, 0.1) is 12.8 Å². The molecule has 0 amide bonds. The number of carbonyl (C=O) groups is 1.